The van der Waals surface area contributed by atoms with E-state index in [1.165, 1.54) is 67.8 Å². The van der Waals surface area contributed by atoms with Gasteiger partial charge in [-0.2, -0.15) is 0 Å². The van der Waals surface area contributed by atoms with Crippen LogP contribution in [0.1, 0.15) is 75.0 Å². The van der Waals surface area contributed by atoms with Crippen LogP contribution in [0.3, 0.4) is 0 Å². The molecule has 0 amide bonds. The Bertz CT molecular complexity index is 2170. The van der Waals surface area contributed by atoms with Gasteiger partial charge in [-0.3, -0.25) is 0 Å². The van der Waals surface area contributed by atoms with Crippen LogP contribution < -0.4 is 0 Å². The van der Waals surface area contributed by atoms with Gasteiger partial charge in [0.05, 0.1) is 23.0 Å². The first-order chi connectivity index (χ1) is 24.3. The summed E-state index contributed by atoms with van der Waals surface area (Å²) in [5.41, 5.74) is 10.2. The van der Waals surface area contributed by atoms with Crippen molar-refractivity contribution in [3.05, 3.63) is 156 Å². The summed E-state index contributed by atoms with van der Waals surface area (Å²) in [7, 11) is 0. The van der Waals surface area contributed by atoms with E-state index in [1.54, 1.807) is 0 Å². The molecule has 0 aliphatic carbocycles. The minimum Gasteiger partial charge on any atom is -0.496 e. The quantitative estimate of drug-likeness (QED) is 0.145. The summed E-state index contributed by atoms with van der Waals surface area (Å²) in [6, 6.07) is 48.1. The van der Waals surface area contributed by atoms with E-state index in [9.17, 15) is 0 Å². The summed E-state index contributed by atoms with van der Waals surface area (Å²) in [5, 5.41) is 5.07. The molecular weight excluding hydrogens is 700 g/mol. The molecule has 0 bridgehead atoms. The smallest absolute Gasteiger partial charge is 0.496 e. The second-order valence-electron chi connectivity index (χ2n) is 13.8. The van der Waals surface area contributed by atoms with E-state index in [2.05, 4.69) is 137 Å². The molecule has 0 saturated carbocycles. The first kappa shape index (κ1) is 36.3. The van der Waals surface area contributed by atoms with Gasteiger partial charge in [-0.05, 0) is 85.0 Å². The summed E-state index contributed by atoms with van der Waals surface area (Å²) in [4.78, 5) is 0. The molecule has 2 atom stereocenters. The van der Waals surface area contributed by atoms with E-state index in [0.29, 0.717) is 11.8 Å². The summed E-state index contributed by atoms with van der Waals surface area (Å²) >= 11 is 0. The molecule has 0 aliphatic heterocycles. The average Bonchev–Trinajstić information content (AvgIpc) is 3.97. The molecule has 0 spiro atoms. The number of rotatable bonds is 8. The number of hydrogen-bond donors (Lipinski definition) is 0. The Labute approximate surface area is 322 Å². The Morgan fingerprint density at radius 1 is 0.510 bits per heavy atom. The SMILES string of the molecule is CCC(C)c1ccc(-c2cccc3[cH-]c(-c4ccc(C)o4)cc23)cc1.CCC(C)c1ccc(-c2cccc3[cH-]c(-c4ccc(C)o4)cc23)cc1.[Zr+2]. The van der Waals surface area contributed by atoms with Gasteiger partial charge in [0.1, 0.15) is 0 Å². The Hall–Kier alpha value is -4.46. The van der Waals surface area contributed by atoms with Crippen molar-refractivity contribution in [3.63, 3.8) is 0 Å². The van der Waals surface area contributed by atoms with E-state index < -0.39 is 0 Å². The van der Waals surface area contributed by atoms with Gasteiger partial charge >= 0.3 is 26.2 Å². The van der Waals surface area contributed by atoms with Crippen LogP contribution in [0.15, 0.2) is 142 Å². The fourth-order valence-corrected chi connectivity index (χ4v) is 6.89. The normalized spacial score (nSPS) is 12.4. The van der Waals surface area contributed by atoms with Crippen molar-refractivity contribution in [1.29, 1.82) is 0 Å². The molecule has 2 aromatic heterocycles. The molecule has 0 aliphatic rings. The van der Waals surface area contributed by atoms with Crippen molar-refractivity contribution in [3.8, 4) is 44.9 Å². The first-order valence-corrected chi connectivity index (χ1v) is 18.0. The molecule has 8 aromatic rings. The van der Waals surface area contributed by atoms with Gasteiger partial charge in [0.15, 0.2) is 0 Å². The largest absolute Gasteiger partial charge is 2.00 e. The summed E-state index contributed by atoms with van der Waals surface area (Å²) in [6.07, 6.45) is 2.34. The van der Waals surface area contributed by atoms with Crippen molar-refractivity contribution in [2.45, 2.75) is 66.2 Å². The van der Waals surface area contributed by atoms with Gasteiger partial charge in [0.2, 0.25) is 0 Å². The summed E-state index contributed by atoms with van der Waals surface area (Å²) in [6.45, 7) is 13.0. The number of aryl methyl sites for hydroxylation is 2. The van der Waals surface area contributed by atoms with Crippen LogP contribution in [0.25, 0.3) is 66.4 Å². The minimum atomic E-state index is 0. The number of benzene rings is 4. The molecule has 51 heavy (non-hydrogen) atoms. The summed E-state index contributed by atoms with van der Waals surface area (Å²) in [5.74, 6) is 4.98. The minimum absolute atomic E-state index is 0. The zero-order valence-electron chi connectivity index (χ0n) is 30.6. The van der Waals surface area contributed by atoms with E-state index in [0.717, 1.165) is 34.2 Å². The standard InChI is InChI=1S/2C24H23O.Zr/c2*1-4-16(2)18-9-11-19(12-10-18)22-7-5-6-20-14-21(15-23(20)22)24-13-8-17(3)25-24;/h2*5-16H,4H2,1-3H3;/q2*-1;+2. The predicted molar refractivity (Wildman–Crippen MR) is 212 cm³/mol. The Balaban J connectivity index is 0.000000172. The van der Waals surface area contributed by atoms with Crippen molar-refractivity contribution in [2.75, 3.05) is 0 Å². The molecule has 2 heterocycles. The van der Waals surface area contributed by atoms with E-state index >= 15 is 0 Å². The van der Waals surface area contributed by atoms with Gasteiger partial charge in [-0.15, -0.1) is 57.9 Å². The van der Waals surface area contributed by atoms with Crippen LogP contribution in [0, 0.1) is 13.8 Å². The zero-order chi connectivity index (χ0) is 34.8. The fourth-order valence-electron chi connectivity index (χ4n) is 6.89. The molecule has 0 N–H and O–H groups in total. The molecule has 8 rings (SSSR count). The molecule has 254 valence electrons. The van der Waals surface area contributed by atoms with Crippen LogP contribution in [0.5, 0.6) is 0 Å². The maximum atomic E-state index is 5.80. The van der Waals surface area contributed by atoms with Crippen LogP contribution >= 0.6 is 0 Å². The first-order valence-electron chi connectivity index (χ1n) is 18.0. The predicted octanol–water partition coefficient (Wildman–Crippen LogP) is 14.6. The van der Waals surface area contributed by atoms with E-state index in [1.807, 2.05) is 38.1 Å². The van der Waals surface area contributed by atoms with Crippen molar-refractivity contribution in [2.24, 2.45) is 0 Å². The van der Waals surface area contributed by atoms with Gasteiger partial charge in [-0.25, -0.2) is 0 Å². The average molecular weight is 746 g/mol. The monoisotopic (exact) mass is 744 g/mol. The molecule has 0 fully saturated rings. The zero-order valence-corrected chi connectivity index (χ0v) is 33.0. The fraction of sp³-hybridized carbons (Fsp3) is 0.208. The second kappa shape index (κ2) is 15.8. The maximum absolute atomic E-state index is 5.80. The topological polar surface area (TPSA) is 26.3 Å². The van der Waals surface area contributed by atoms with E-state index in [4.69, 9.17) is 8.83 Å². The molecule has 3 heteroatoms. The van der Waals surface area contributed by atoms with Gasteiger partial charge in [0, 0.05) is 0 Å². The Kier molecular flexibility index (Phi) is 11.3. The molecule has 2 unspecified atom stereocenters. The maximum Gasteiger partial charge on any atom is 2.00 e. The second-order valence-corrected chi connectivity index (χ2v) is 13.8. The van der Waals surface area contributed by atoms with Crippen molar-refractivity contribution < 1.29 is 35.0 Å². The van der Waals surface area contributed by atoms with Crippen LogP contribution in [-0.2, 0) is 26.2 Å². The molecular formula is C48H46O2Zr. The number of fused-ring (bicyclic) bond motifs is 2. The van der Waals surface area contributed by atoms with Gasteiger partial charge in [-0.1, -0.05) is 123 Å². The molecule has 6 aromatic carbocycles. The molecule has 0 radical (unpaired) electrons. The Morgan fingerprint density at radius 3 is 1.24 bits per heavy atom. The van der Waals surface area contributed by atoms with E-state index in [-0.39, 0.29) is 26.2 Å². The van der Waals surface area contributed by atoms with Crippen LogP contribution in [0.2, 0.25) is 0 Å². The summed E-state index contributed by atoms with van der Waals surface area (Å²) < 4.78 is 11.6. The van der Waals surface area contributed by atoms with Crippen molar-refractivity contribution >= 4 is 21.5 Å². The number of furan rings is 2. The number of hydrogen-bond acceptors (Lipinski definition) is 2. The van der Waals surface area contributed by atoms with Crippen molar-refractivity contribution in [1.82, 2.24) is 0 Å². The third kappa shape index (κ3) is 7.75. The van der Waals surface area contributed by atoms with Gasteiger partial charge < -0.3 is 8.83 Å². The molecule has 0 saturated heterocycles. The Morgan fingerprint density at radius 2 is 0.902 bits per heavy atom. The van der Waals surface area contributed by atoms with Crippen LogP contribution in [-0.4, -0.2) is 0 Å². The molecule has 2 nitrogen and oxygen atoms in total. The third-order valence-corrected chi connectivity index (χ3v) is 10.4. The van der Waals surface area contributed by atoms with Crippen LogP contribution in [0.4, 0.5) is 0 Å². The third-order valence-electron chi connectivity index (χ3n) is 10.4. The van der Waals surface area contributed by atoms with Gasteiger partial charge in [0.25, 0.3) is 0 Å².